The molecule has 0 unspecified atom stereocenters. The molecule has 2 aromatic carbocycles. The molecule has 0 fully saturated rings. The summed E-state index contributed by atoms with van der Waals surface area (Å²) in [4.78, 5) is 16.2. The maximum Gasteiger partial charge on any atom is 0.274 e. The van der Waals surface area contributed by atoms with Gasteiger partial charge in [-0.25, -0.2) is 13.8 Å². The van der Waals surface area contributed by atoms with Gasteiger partial charge in [0.2, 0.25) is 0 Å². The highest BCUT2D eigenvalue weighted by Crippen LogP contribution is 2.12. The van der Waals surface area contributed by atoms with Gasteiger partial charge >= 0.3 is 0 Å². The van der Waals surface area contributed by atoms with Gasteiger partial charge in [0.15, 0.2) is 0 Å². The lowest BCUT2D eigenvalue weighted by molar-refractivity contribution is 0.102. The van der Waals surface area contributed by atoms with Gasteiger partial charge in [0.05, 0.1) is 11.9 Å². The van der Waals surface area contributed by atoms with Crippen molar-refractivity contribution in [2.24, 2.45) is 0 Å². The van der Waals surface area contributed by atoms with E-state index in [-0.39, 0.29) is 23.2 Å². The zero-order valence-corrected chi connectivity index (χ0v) is 13.9. The summed E-state index contributed by atoms with van der Waals surface area (Å²) < 4.78 is 26.4. The van der Waals surface area contributed by atoms with E-state index in [1.807, 2.05) is 0 Å². The van der Waals surface area contributed by atoms with Gasteiger partial charge in [-0.2, -0.15) is 0 Å². The summed E-state index contributed by atoms with van der Waals surface area (Å²) in [6.07, 6.45) is 2.08. The summed E-state index contributed by atoms with van der Waals surface area (Å²) >= 11 is 0. The van der Waals surface area contributed by atoms with Gasteiger partial charge in [-0.15, -0.1) is 0 Å². The number of halogens is 2. The molecule has 4 nitrogen and oxygen atoms in total. The minimum Gasteiger partial charge on any atom is -0.383 e. The SMILES string of the molecule is O=C(Nc1ccc(F)cc1)c1ccc(NCCc2ccccc2F)cn1. The second kappa shape index (κ2) is 8.20. The Morgan fingerprint density at radius 2 is 1.65 bits per heavy atom. The van der Waals surface area contributed by atoms with Gasteiger partial charge in [0.25, 0.3) is 5.91 Å². The molecule has 26 heavy (non-hydrogen) atoms. The Morgan fingerprint density at radius 3 is 2.35 bits per heavy atom. The molecule has 0 bridgehead atoms. The molecule has 1 amide bonds. The number of carbonyl (C=O) groups is 1. The predicted octanol–water partition coefficient (Wildman–Crippen LogP) is 4.27. The summed E-state index contributed by atoms with van der Waals surface area (Å²) in [5.74, 6) is -0.971. The van der Waals surface area contributed by atoms with Crippen LogP contribution in [0.25, 0.3) is 0 Å². The van der Waals surface area contributed by atoms with Crippen LogP contribution in [0, 0.1) is 11.6 Å². The molecular weight excluding hydrogens is 336 g/mol. The molecule has 0 radical (unpaired) electrons. The number of benzene rings is 2. The Hall–Kier alpha value is -3.28. The average Bonchev–Trinajstić information content (AvgIpc) is 2.66. The normalized spacial score (nSPS) is 10.4. The largest absolute Gasteiger partial charge is 0.383 e. The number of amides is 1. The summed E-state index contributed by atoms with van der Waals surface area (Å²) in [6.45, 7) is 0.545. The monoisotopic (exact) mass is 353 g/mol. The van der Waals surface area contributed by atoms with E-state index in [9.17, 15) is 13.6 Å². The lowest BCUT2D eigenvalue weighted by Crippen LogP contribution is -2.14. The van der Waals surface area contributed by atoms with Crippen LogP contribution in [0.5, 0.6) is 0 Å². The summed E-state index contributed by atoms with van der Waals surface area (Å²) in [5.41, 5.74) is 2.11. The van der Waals surface area contributed by atoms with Gasteiger partial charge in [0.1, 0.15) is 17.3 Å². The standard InChI is InChI=1S/C20H17F2N3O/c21-15-5-7-16(8-6-15)25-20(26)19-10-9-17(13-24-19)23-12-11-14-3-1-2-4-18(14)22/h1-10,13,23H,11-12H2,(H,25,26). The van der Waals surface area contributed by atoms with E-state index in [0.717, 1.165) is 5.69 Å². The fourth-order valence-corrected chi connectivity index (χ4v) is 2.40. The predicted molar refractivity (Wildman–Crippen MR) is 97.2 cm³/mol. The van der Waals surface area contributed by atoms with Crippen molar-refractivity contribution in [2.75, 3.05) is 17.2 Å². The highest BCUT2D eigenvalue weighted by molar-refractivity contribution is 6.02. The van der Waals surface area contributed by atoms with E-state index in [1.54, 1.807) is 36.5 Å². The quantitative estimate of drug-likeness (QED) is 0.696. The zero-order valence-electron chi connectivity index (χ0n) is 13.9. The van der Waals surface area contributed by atoms with Gasteiger partial charge in [-0.1, -0.05) is 18.2 Å². The van der Waals surface area contributed by atoms with Crippen molar-refractivity contribution in [3.05, 3.63) is 89.8 Å². The number of nitrogens with one attached hydrogen (secondary N) is 2. The van der Waals surface area contributed by atoms with E-state index in [4.69, 9.17) is 0 Å². The number of pyridine rings is 1. The third kappa shape index (κ3) is 4.63. The molecular formula is C20H17F2N3O. The van der Waals surface area contributed by atoms with Crippen molar-refractivity contribution in [1.29, 1.82) is 0 Å². The first-order valence-corrected chi connectivity index (χ1v) is 8.12. The topological polar surface area (TPSA) is 54.0 Å². The van der Waals surface area contributed by atoms with E-state index in [2.05, 4.69) is 15.6 Å². The number of carbonyl (C=O) groups excluding carboxylic acids is 1. The van der Waals surface area contributed by atoms with E-state index in [0.29, 0.717) is 24.2 Å². The first-order chi connectivity index (χ1) is 12.6. The third-order valence-corrected chi connectivity index (χ3v) is 3.78. The molecule has 0 saturated carbocycles. The van der Waals surface area contributed by atoms with Crippen molar-refractivity contribution in [3.8, 4) is 0 Å². The minimum absolute atomic E-state index is 0.222. The van der Waals surface area contributed by atoms with E-state index in [1.165, 1.54) is 30.3 Å². The highest BCUT2D eigenvalue weighted by atomic mass is 19.1. The highest BCUT2D eigenvalue weighted by Gasteiger charge is 2.08. The van der Waals surface area contributed by atoms with Gasteiger partial charge in [-0.05, 0) is 54.4 Å². The lowest BCUT2D eigenvalue weighted by atomic mass is 10.1. The molecule has 0 aliphatic heterocycles. The van der Waals surface area contributed by atoms with Gasteiger partial charge in [0, 0.05) is 12.2 Å². The Kier molecular flexibility index (Phi) is 5.53. The fraction of sp³-hybridized carbons (Fsp3) is 0.100. The van der Waals surface area contributed by atoms with Crippen molar-refractivity contribution in [1.82, 2.24) is 4.98 Å². The number of nitrogens with zero attached hydrogens (tertiary/aromatic N) is 1. The Bertz CT molecular complexity index is 880. The van der Waals surface area contributed by atoms with Crippen LogP contribution in [0.3, 0.4) is 0 Å². The molecule has 6 heteroatoms. The molecule has 1 aromatic heterocycles. The smallest absolute Gasteiger partial charge is 0.274 e. The fourth-order valence-electron chi connectivity index (χ4n) is 2.40. The number of hydrogen-bond donors (Lipinski definition) is 2. The van der Waals surface area contributed by atoms with E-state index < -0.39 is 0 Å². The number of hydrogen-bond acceptors (Lipinski definition) is 3. The van der Waals surface area contributed by atoms with Crippen molar-refractivity contribution >= 4 is 17.3 Å². The van der Waals surface area contributed by atoms with Gasteiger partial charge in [-0.3, -0.25) is 4.79 Å². The summed E-state index contributed by atoms with van der Waals surface area (Å²) in [7, 11) is 0. The maximum atomic E-state index is 13.6. The molecule has 0 spiro atoms. The van der Waals surface area contributed by atoms with Crippen LogP contribution in [0.1, 0.15) is 16.1 Å². The van der Waals surface area contributed by atoms with Crippen molar-refractivity contribution in [3.63, 3.8) is 0 Å². The second-order valence-corrected chi connectivity index (χ2v) is 5.66. The van der Waals surface area contributed by atoms with Crippen LogP contribution in [-0.2, 0) is 6.42 Å². The molecule has 3 rings (SSSR count). The third-order valence-electron chi connectivity index (χ3n) is 3.78. The Balaban J connectivity index is 1.53. The summed E-state index contributed by atoms with van der Waals surface area (Å²) in [6, 6.07) is 15.5. The molecule has 2 N–H and O–H groups in total. The summed E-state index contributed by atoms with van der Waals surface area (Å²) in [5, 5.41) is 5.79. The second-order valence-electron chi connectivity index (χ2n) is 5.66. The van der Waals surface area contributed by atoms with Crippen molar-refractivity contribution < 1.29 is 13.6 Å². The van der Waals surface area contributed by atoms with Crippen LogP contribution < -0.4 is 10.6 Å². The molecule has 1 heterocycles. The molecule has 132 valence electrons. The molecule has 0 aliphatic rings. The first-order valence-electron chi connectivity index (χ1n) is 8.12. The van der Waals surface area contributed by atoms with E-state index >= 15 is 0 Å². The van der Waals surface area contributed by atoms with Crippen LogP contribution >= 0.6 is 0 Å². The van der Waals surface area contributed by atoms with Crippen LogP contribution in [0.15, 0.2) is 66.9 Å². The van der Waals surface area contributed by atoms with Crippen LogP contribution in [0.2, 0.25) is 0 Å². The first kappa shape index (κ1) is 17.5. The lowest BCUT2D eigenvalue weighted by Gasteiger charge is -2.08. The van der Waals surface area contributed by atoms with Crippen molar-refractivity contribution in [2.45, 2.75) is 6.42 Å². The Morgan fingerprint density at radius 1 is 0.923 bits per heavy atom. The molecule has 0 aliphatic carbocycles. The minimum atomic E-state index is -0.380. The molecule has 3 aromatic rings. The average molecular weight is 353 g/mol. The molecule has 0 atom stereocenters. The number of anilines is 2. The van der Waals surface area contributed by atoms with Crippen LogP contribution in [-0.4, -0.2) is 17.4 Å². The molecule has 0 saturated heterocycles. The zero-order chi connectivity index (χ0) is 18.4. The Labute approximate surface area is 149 Å². The van der Waals surface area contributed by atoms with Gasteiger partial charge < -0.3 is 10.6 Å². The number of aromatic nitrogens is 1. The maximum absolute atomic E-state index is 13.6. The van der Waals surface area contributed by atoms with Crippen LogP contribution in [0.4, 0.5) is 20.2 Å². The number of rotatable bonds is 6.